The Morgan fingerprint density at radius 3 is 2.47 bits per heavy atom. The van der Waals surface area contributed by atoms with Gasteiger partial charge < -0.3 is 0 Å². The Morgan fingerprint density at radius 2 is 2.00 bits per heavy atom. The maximum atomic E-state index is 13.5. The van der Waals surface area contributed by atoms with Gasteiger partial charge >= 0.3 is 0 Å². The van der Waals surface area contributed by atoms with Crippen molar-refractivity contribution in [3.05, 3.63) is 48.3 Å². The van der Waals surface area contributed by atoms with Crippen molar-refractivity contribution in [1.82, 2.24) is 0 Å². The molecule has 1 rings (SSSR count). The lowest BCUT2D eigenvalue weighted by Crippen LogP contribution is -2.16. The first-order valence-corrected chi connectivity index (χ1v) is 6.47. The molecule has 0 amide bonds. The second-order valence-electron chi connectivity index (χ2n) is 4.38. The van der Waals surface area contributed by atoms with Gasteiger partial charge in [-0.1, -0.05) is 50.3 Å². The average molecular weight is 222 g/mol. The Bertz CT molecular complexity index is 321. The maximum Gasteiger partial charge on any atom is 0.0955 e. The first kappa shape index (κ1) is 12.2. The maximum absolute atomic E-state index is 13.5. The molecule has 1 unspecified atom stereocenters. The third kappa shape index (κ3) is 3.31. The Hall–Kier alpha value is -0.893. The largest absolute Gasteiger partial charge is 0.212 e. The Labute approximate surface area is 94.6 Å². The quantitative estimate of drug-likeness (QED) is 0.672. The van der Waals surface area contributed by atoms with E-state index in [9.17, 15) is 4.39 Å². The fourth-order valence-electron chi connectivity index (χ4n) is 1.92. The monoisotopic (exact) mass is 222 g/mol. The summed E-state index contributed by atoms with van der Waals surface area (Å²) in [5, 5.41) is -0.268. The number of hydrogen-bond acceptors (Lipinski definition) is 0. The summed E-state index contributed by atoms with van der Waals surface area (Å²) in [6.07, 6.45) is 2.71. The van der Waals surface area contributed by atoms with Gasteiger partial charge in [-0.05, 0) is 18.4 Å². The molecule has 0 saturated carbocycles. The summed E-state index contributed by atoms with van der Waals surface area (Å²) in [7, 11) is 0.823. The van der Waals surface area contributed by atoms with Gasteiger partial charge in [-0.15, -0.1) is 0 Å². The van der Waals surface area contributed by atoms with Crippen LogP contribution in [-0.2, 0) is 6.42 Å². The summed E-state index contributed by atoms with van der Waals surface area (Å²) < 4.78 is 13.5. The van der Waals surface area contributed by atoms with Crippen LogP contribution in [0, 0.1) is 0 Å². The molecule has 0 spiro atoms. The molecule has 1 aromatic carbocycles. The van der Waals surface area contributed by atoms with Crippen LogP contribution >= 0.6 is 0 Å². The van der Waals surface area contributed by atoms with Gasteiger partial charge in [0.15, 0.2) is 0 Å². The van der Waals surface area contributed by atoms with Gasteiger partial charge in [-0.25, -0.2) is 4.39 Å². The van der Waals surface area contributed by atoms with Crippen LogP contribution in [0.25, 0.3) is 0 Å². The fraction of sp³-hybridized carbons (Fsp3) is 0.385. The highest BCUT2D eigenvalue weighted by molar-refractivity contribution is 6.17. The van der Waals surface area contributed by atoms with Crippen LogP contribution in [-0.4, -0.2) is 10.2 Å². The van der Waals surface area contributed by atoms with E-state index < -0.39 is 0 Å². The number of allylic oxidation sites excluding steroid dienone is 1. The number of hydrogen-bond donors (Lipinski definition) is 0. The molecular weight excluding hydrogens is 203 g/mol. The van der Waals surface area contributed by atoms with E-state index in [0.717, 1.165) is 29.5 Å². The molecule has 0 aromatic heterocycles. The van der Waals surface area contributed by atoms with Crippen molar-refractivity contribution in [2.24, 2.45) is 0 Å². The highest BCUT2D eigenvalue weighted by Crippen LogP contribution is 2.40. The number of benzene rings is 1. The van der Waals surface area contributed by atoms with Crippen molar-refractivity contribution in [1.29, 1.82) is 0 Å². The number of rotatable bonds is 5. The van der Waals surface area contributed by atoms with Crippen molar-refractivity contribution in [3.8, 4) is 0 Å². The molecule has 1 atom stereocenters. The molecule has 0 radical (unpaired) electrons. The van der Waals surface area contributed by atoms with Gasteiger partial charge in [0.2, 0.25) is 0 Å². The molecule has 0 N–H and O–H groups in total. The molecule has 2 heteroatoms. The van der Waals surface area contributed by atoms with E-state index in [0.29, 0.717) is 0 Å². The van der Waals surface area contributed by atoms with E-state index in [1.54, 1.807) is 0 Å². The van der Waals surface area contributed by atoms with Gasteiger partial charge in [0.1, 0.15) is 0 Å². The average Bonchev–Trinajstić information content (AvgIpc) is 2.19. The first-order chi connectivity index (χ1) is 7.08. The van der Waals surface area contributed by atoms with Crippen LogP contribution < -0.4 is 0 Å². The van der Waals surface area contributed by atoms with Crippen molar-refractivity contribution >= 4 is 10.2 Å². The summed E-state index contributed by atoms with van der Waals surface area (Å²) in [6.45, 7) is 5.61. The second-order valence-corrected chi connectivity index (χ2v) is 6.29. The molecule has 0 saturated heterocycles. The third-order valence-corrected chi connectivity index (χ3v) is 4.29. The minimum Gasteiger partial charge on any atom is -0.212 e. The Kier molecular flexibility index (Phi) is 4.27. The lowest BCUT2D eigenvalue weighted by molar-refractivity contribution is 0.455. The van der Waals surface area contributed by atoms with E-state index in [-0.39, 0.29) is 10.9 Å². The summed E-state index contributed by atoms with van der Waals surface area (Å²) in [5.74, 6) is -0.139. The van der Waals surface area contributed by atoms with Crippen LogP contribution in [0.4, 0.5) is 4.39 Å². The highest BCUT2D eigenvalue weighted by atomic mass is 28.1. The molecule has 82 valence electrons. The van der Waals surface area contributed by atoms with Gasteiger partial charge in [0, 0.05) is 15.3 Å². The van der Waals surface area contributed by atoms with Gasteiger partial charge in [0.25, 0.3) is 0 Å². The van der Waals surface area contributed by atoms with E-state index in [1.165, 1.54) is 5.56 Å². The topological polar surface area (TPSA) is 0 Å². The van der Waals surface area contributed by atoms with Gasteiger partial charge in [0.05, 0.1) is 5.83 Å². The minimum absolute atomic E-state index is 0.139. The molecular formula is C13H19FSi. The van der Waals surface area contributed by atoms with Crippen LogP contribution in [0.1, 0.15) is 25.3 Å². The summed E-state index contributed by atoms with van der Waals surface area (Å²) in [5.41, 5.74) is 1.21. The van der Waals surface area contributed by atoms with Gasteiger partial charge in [-0.3, -0.25) is 0 Å². The standard InChI is InChI=1S/C13H19FSi/c1-3-9-13(15,11(2)14)10-12-7-5-4-6-8-12/h4-8H,2-3,9-10H2,1,15H3. The lowest BCUT2D eigenvalue weighted by Gasteiger charge is -2.27. The van der Waals surface area contributed by atoms with Crippen molar-refractivity contribution < 1.29 is 4.39 Å². The summed E-state index contributed by atoms with van der Waals surface area (Å²) in [4.78, 5) is 0. The predicted octanol–water partition coefficient (Wildman–Crippen LogP) is 3.04. The van der Waals surface area contributed by atoms with Crippen molar-refractivity contribution in [2.45, 2.75) is 31.2 Å². The van der Waals surface area contributed by atoms with E-state index in [4.69, 9.17) is 0 Å². The molecule has 0 aliphatic carbocycles. The zero-order valence-electron chi connectivity index (χ0n) is 9.59. The van der Waals surface area contributed by atoms with Crippen LogP contribution in [0.2, 0.25) is 5.04 Å². The molecule has 0 aliphatic rings. The van der Waals surface area contributed by atoms with Crippen LogP contribution in [0.15, 0.2) is 42.7 Å². The minimum atomic E-state index is -0.268. The molecule has 0 aliphatic heterocycles. The van der Waals surface area contributed by atoms with Crippen molar-refractivity contribution in [2.75, 3.05) is 0 Å². The predicted molar refractivity (Wildman–Crippen MR) is 67.9 cm³/mol. The lowest BCUT2D eigenvalue weighted by atomic mass is 9.93. The van der Waals surface area contributed by atoms with Crippen LogP contribution in [0.5, 0.6) is 0 Å². The summed E-state index contributed by atoms with van der Waals surface area (Å²) in [6, 6.07) is 10.1. The first-order valence-electron chi connectivity index (χ1n) is 5.47. The van der Waals surface area contributed by atoms with Gasteiger partial charge in [-0.2, -0.15) is 0 Å². The summed E-state index contributed by atoms with van der Waals surface area (Å²) >= 11 is 0. The van der Waals surface area contributed by atoms with Crippen LogP contribution in [0.3, 0.4) is 0 Å². The zero-order chi connectivity index (χ0) is 11.3. The Morgan fingerprint density at radius 1 is 1.40 bits per heavy atom. The van der Waals surface area contributed by atoms with Crippen molar-refractivity contribution in [3.63, 3.8) is 0 Å². The fourth-order valence-corrected chi connectivity index (χ4v) is 2.83. The van der Waals surface area contributed by atoms with E-state index >= 15 is 0 Å². The second kappa shape index (κ2) is 5.26. The normalized spacial score (nSPS) is 14.8. The van der Waals surface area contributed by atoms with E-state index in [2.05, 4.69) is 25.6 Å². The molecule has 1 aromatic rings. The number of halogens is 1. The Balaban J connectivity index is 2.80. The highest BCUT2D eigenvalue weighted by Gasteiger charge is 2.27. The van der Waals surface area contributed by atoms with E-state index in [1.807, 2.05) is 18.2 Å². The smallest absolute Gasteiger partial charge is 0.0955 e. The molecule has 0 bridgehead atoms. The molecule has 0 heterocycles. The third-order valence-electron chi connectivity index (χ3n) is 2.89. The molecule has 15 heavy (non-hydrogen) atoms. The zero-order valence-corrected chi connectivity index (χ0v) is 11.6. The SMILES string of the molecule is C=C(F)C([SiH3])(CCC)Cc1ccccc1. The molecule has 0 nitrogen and oxygen atoms in total. The molecule has 0 fully saturated rings.